The fraction of sp³-hybridized carbons (Fsp3) is 0.273. The van der Waals surface area contributed by atoms with Crippen LogP contribution in [-0.4, -0.2) is 26.6 Å². The molecule has 1 N–H and O–H groups in total. The summed E-state index contributed by atoms with van der Waals surface area (Å²) in [7, 11) is 2.06. The molecular formula is C22H24N4S. The van der Waals surface area contributed by atoms with Gasteiger partial charge in [0.05, 0.1) is 17.8 Å². The number of rotatable bonds is 3. The number of para-hydroxylation sites is 1. The summed E-state index contributed by atoms with van der Waals surface area (Å²) in [5, 5.41) is 4.22. The Bertz CT molecular complexity index is 993. The lowest BCUT2D eigenvalue weighted by atomic mass is 9.97. The van der Waals surface area contributed by atoms with Gasteiger partial charge in [-0.05, 0) is 68.4 Å². The summed E-state index contributed by atoms with van der Waals surface area (Å²) >= 11 is 5.57. The van der Waals surface area contributed by atoms with Gasteiger partial charge in [0.25, 0.3) is 0 Å². The number of nitrogens with zero attached hydrogens (tertiary/aromatic N) is 3. The van der Waals surface area contributed by atoms with Crippen LogP contribution in [0.4, 0.5) is 0 Å². The zero-order valence-electron chi connectivity index (χ0n) is 16.1. The van der Waals surface area contributed by atoms with Crippen LogP contribution in [-0.2, 0) is 0 Å². The van der Waals surface area contributed by atoms with Crippen molar-refractivity contribution >= 4 is 17.3 Å². The predicted molar refractivity (Wildman–Crippen MR) is 113 cm³/mol. The van der Waals surface area contributed by atoms with Gasteiger partial charge >= 0.3 is 0 Å². The third-order valence-electron chi connectivity index (χ3n) is 5.48. The Labute approximate surface area is 165 Å². The third-order valence-corrected chi connectivity index (χ3v) is 5.89. The fourth-order valence-electron chi connectivity index (χ4n) is 4.12. The first-order valence-electron chi connectivity index (χ1n) is 9.18. The number of hydrogen-bond acceptors (Lipinski definition) is 2. The van der Waals surface area contributed by atoms with Crippen molar-refractivity contribution in [3.05, 3.63) is 82.9 Å². The summed E-state index contributed by atoms with van der Waals surface area (Å²) in [5.41, 5.74) is 7.25. The molecule has 1 aliphatic rings. The number of hydrogen-bond donors (Lipinski definition) is 1. The molecule has 0 aliphatic carbocycles. The van der Waals surface area contributed by atoms with E-state index in [0.29, 0.717) is 0 Å². The average molecular weight is 377 g/mol. The molecule has 4 rings (SSSR count). The van der Waals surface area contributed by atoms with Crippen molar-refractivity contribution in [2.24, 2.45) is 0 Å². The Kier molecular flexibility index (Phi) is 4.48. The average Bonchev–Trinajstić information content (AvgIpc) is 3.12. The number of nitrogens with one attached hydrogen (secondary N) is 1. The molecule has 1 aromatic carbocycles. The van der Waals surface area contributed by atoms with E-state index in [-0.39, 0.29) is 12.1 Å². The Morgan fingerprint density at radius 3 is 2.48 bits per heavy atom. The second kappa shape index (κ2) is 6.82. The van der Waals surface area contributed by atoms with Crippen molar-refractivity contribution in [2.45, 2.75) is 32.9 Å². The molecule has 1 fully saturated rings. The maximum Gasteiger partial charge on any atom is 0.169 e. The van der Waals surface area contributed by atoms with E-state index >= 15 is 0 Å². The molecule has 0 saturated carbocycles. The van der Waals surface area contributed by atoms with E-state index in [4.69, 9.17) is 12.2 Å². The van der Waals surface area contributed by atoms with Gasteiger partial charge in [-0.3, -0.25) is 4.98 Å². The zero-order chi connectivity index (χ0) is 19.1. The maximum atomic E-state index is 5.57. The van der Waals surface area contributed by atoms with E-state index in [2.05, 4.69) is 84.0 Å². The van der Waals surface area contributed by atoms with Gasteiger partial charge in [0, 0.05) is 30.3 Å². The quantitative estimate of drug-likeness (QED) is 0.687. The molecule has 3 heterocycles. The molecule has 1 saturated heterocycles. The minimum Gasteiger partial charge on any atom is -0.352 e. The minimum atomic E-state index is 0.0366. The molecule has 2 aromatic heterocycles. The van der Waals surface area contributed by atoms with Crippen molar-refractivity contribution in [3.63, 3.8) is 0 Å². The molecule has 0 radical (unpaired) electrons. The first-order valence-corrected chi connectivity index (χ1v) is 9.59. The number of aryl methyl sites for hydroxylation is 2. The summed E-state index contributed by atoms with van der Waals surface area (Å²) in [6.07, 6.45) is 1.84. The summed E-state index contributed by atoms with van der Waals surface area (Å²) in [5.74, 6) is 0. The second-order valence-corrected chi connectivity index (χ2v) is 7.57. The molecule has 2 atom stereocenters. The Balaban J connectivity index is 1.84. The van der Waals surface area contributed by atoms with E-state index in [1.165, 1.54) is 28.2 Å². The van der Waals surface area contributed by atoms with Crippen LogP contribution in [0.5, 0.6) is 0 Å². The highest BCUT2D eigenvalue weighted by Gasteiger charge is 2.39. The number of pyridine rings is 1. The van der Waals surface area contributed by atoms with E-state index in [1.807, 2.05) is 18.3 Å². The van der Waals surface area contributed by atoms with Crippen LogP contribution in [0.3, 0.4) is 0 Å². The van der Waals surface area contributed by atoms with E-state index in [9.17, 15) is 0 Å². The van der Waals surface area contributed by atoms with Crippen LogP contribution in [0.15, 0.2) is 54.7 Å². The van der Waals surface area contributed by atoms with Crippen molar-refractivity contribution in [1.82, 2.24) is 19.8 Å². The van der Waals surface area contributed by atoms with Gasteiger partial charge in [-0.2, -0.15) is 0 Å². The highest BCUT2D eigenvalue weighted by molar-refractivity contribution is 7.80. The van der Waals surface area contributed by atoms with Gasteiger partial charge in [0.2, 0.25) is 0 Å². The largest absolute Gasteiger partial charge is 0.352 e. The Morgan fingerprint density at radius 1 is 1.04 bits per heavy atom. The van der Waals surface area contributed by atoms with Gasteiger partial charge in [-0.25, -0.2) is 0 Å². The van der Waals surface area contributed by atoms with Gasteiger partial charge in [0.15, 0.2) is 5.11 Å². The molecule has 3 aromatic rings. The summed E-state index contributed by atoms with van der Waals surface area (Å²) < 4.78 is 2.34. The first-order chi connectivity index (χ1) is 13.0. The van der Waals surface area contributed by atoms with E-state index < -0.39 is 0 Å². The number of benzene rings is 1. The second-order valence-electron chi connectivity index (χ2n) is 7.19. The molecule has 0 unspecified atom stereocenters. The lowest BCUT2D eigenvalue weighted by Crippen LogP contribution is -2.25. The molecule has 27 heavy (non-hydrogen) atoms. The zero-order valence-corrected chi connectivity index (χ0v) is 16.9. The highest BCUT2D eigenvalue weighted by Crippen LogP contribution is 2.40. The van der Waals surface area contributed by atoms with Gasteiger partial charge in [-0.1, -0.05) is 24.3 Å². The molecule has 5 heteroatoms. The molecule has 0 bridgehead atoms. The standard InChI is InChI=1S/C22H24N4S/c1-14-9-5-6-11-19(14)26-15(2)13-17(16(26)3)21-20(24-22(27)25(21)4)18-10-7-8-12-23-18/h5-13,20-21H,1-4H3,(H,24,27)/t20-,21-/m0/s1. The topological polar surface area (TPSA) is 33.1 Å². The number of aromatic nitrogens is 2. The maximum absolute atomic E-state index is 5.57. The number of thiocarbonyl (C=S) groups is 1. The summed E-state index contributed by atoms with van der Waals surface area (Å²) in [4.78, 5) is 6.73. The fourth-order valence-corrected chi connectivity index (χ4v) is 4.36. The Morgan fingerprint density at radius 2 is 1.78 bits per heavy atom. The van der Waals surface area contributed by atoms with Crippen LogP contribution in [0.25, 0.3) is 5.69 Å². The van der Waals surface area contributed by atoms with E-state index in [0.717, 1.165) is 10.8 Å². The van der Waals surface area contributed by atoms with Crippen molar-refractivity contribution in [2.75, 3.05) is 7.05 Å². The normalized spacial score (nSPS) is 19.4. The van der Waals surface area contributed by atoms with Crippen LogP contribution in [0.2, 0.25) is 0 Å². The lowest BCUT2D eigenvalue weighted by molar-refractivity contribution is 0.367. The minimum absolute atomic E-state index is 0.0366. The predicted octanol–water partition coefficient (Wildman–Crippen LogP) is 4.40. The molecule has 0 amide bonds. The third kappa shape index (κ3) is 2.92. The monoisotopic (exact) mass is 376 g/mol. The van der Waals surface area contributed by atoms with Gasteiger partial charge in [0.1, 0.15) is 0 Å². The van der Waals surface area contributed by atoms with Crippen LogP contribution >= 0.6 is 12.2 Å². The summed E-state index contributed by atoms with van der Waals surface area (Å²) in [6, 6.07) is 17.0. The van der Waals surface area contributed by atoms with Crippen molar-refractivity contribution in [3.8, 4) is 5.69 Å². The SMILES string of the molecule is Cc1ccccc1-n1c(C)cc([C@H]2[C@H](c3ccccn3)NC(=S)N2C)c1C. The number of likely N-dealkylation sites (N-methyl/N-ethyl adjacent to an activating group) is 1. The van der Waals surface area contributed by atoms with Crippen LogP contribution in [0.1, 0.15) is 40.3 Å². The molecule has 1 aliphatic heterocycles. The molecule has 0 spiro atoms. The van der Waals surface area contributed by atoms with Crippen LogP contribution in [0, 0.1) is 20.8 Å². The van der Waals surface area contributed by atoms with Gasteiger partial charge in [-0.15, -0.1) is 0 Å². The Hall–Kier alpha value is -2.66. The smallest absolute Gasteiger partial charge is 0.169 e. The first kappa shape index (κ1) is 17.7. The van der Waals surface area contributed by atoms with Crippen molar-refractivity contribution < 1.29 is 0 Å². The highest BCUT2D eigenvalue weighted by atomic mass is 32.1. The van der Waals surface area contributed by atoms with Crippen LogP contribution < -0.4 is 5.32 Å². The lowest BCUT2D eigenvalue weighted by Gasteiger charge is -2.24. The molecule has 4 nitrogen and oxygen atoms in total. The molecule has 138 valence electrons. The summed E-state index contributed by atoms with van der Waals surface area (Å²) in [6.45, 7) is 6.52. The molecular weight excluding hydrogens is 352 g/mol. The van der Waals surface area contributed by atoms with Crippen molar-refractivity contribution in [1.29, 1.82) is 0 Å². The van der Waals surface area contributed by atoms with Gasteiger partial charge < -0.3 is 14.8 Å². The van der Waals surface area contributed by atoms with E-state index in [1.54, 1.807) is 0 Å².